The molecule has 0 saturated heterocycles. The Kier molecular flexibility index (Phi) is 7.68. The third-order valence-corrected chi connectivity index (χ3v) is 5.01. The zero-order valence-corrected chi connectivity index (χ0v) is 18.4. The summed E-state index contributed by atoms with van der Waals surface area (Å²) in [5, 5.41) is 5.21. The lowest BCUT2D eigenvalue weighted by atomic mass is 10.1. The van der Waals surface area contributed by atoms with E-state index in [0.717, 1.165) is 41.9 Å². The third kappa shape index (κ3) is 5.10. The first-order chi connectivity index (χ1) is 14.7. The molecule has 4 rings (SSSR count). The number of hydrogen-bond donors (Lipinski definition) is 2. The molecule has 0 aliphatic carbocycles. The summed E-state index contributed by atoms with van der Waals surface area (Å²) >= 11 is 1.38. The van der Waals surface area contributed by atoms with E-state index in [0.29, 0.717) is 16.2 Å². The number of amides is 1. The van der Waals surface area contributed by atoms with Crippen LogP contribution in [0.25, 0.3) is 22.4 Å². The Morgan fingerprint density at radius 1 is 1.10 bits per heavy atom. The number of nitrogens with one attached hydrogen (secondary N) is 2. The molecule has 6 nitrogen and oxygen atoms in total. The second kappa shape index (κ2) is 10.6. The van der Waals surface area contributed by atoms with Crippen molar-refractivity contribution >= 4 is 33.4 Å². The molecule has 4 aromatic rings. The molecule has 30 heavy (non-hydrogen) atoms. The molecule has 156 valence electrons. The number of carbonyl (C=O) groups excluding carboxylic acids is 1. The maximum atomic E-state index is 12.7. The number of aromatic amines is 1. The molecule has 0 fully saturated rings. The summed E-state index contributed by atoms with van der Waals surface area (Å²) in [5.74, 6) is 0.518. The lowest BCUT2D eigenvalue weighted by molar-refractivity contribution is 0.102. The summed E-state index contributed by atoms with van der Waals surface area (Å²) in [6.07, 6.45) is 7.81. The normalized spacial score (nSPS) is 10.5. The Morgan fingerprint density at radius 3 is 2.67 bits per heavy atom. The van der Waals surface area contributed by atoms with Crippen LogP contribution in [0, 0.1) is 0 Å². The second-order valence-electron chi connectivity index (χ2n) is 6.89. The van der Waals surface area contributed by atoms with Crippen molar-refractivity contribution in [1.29, 1.82) is 0 Å². The highest BCUT2D eigenvalue weighted by Crippen LogP contribution is 2.26. The van der Waals surface area contributed by atoms with Gasteiger partial charge in [-0.15, -0.1) is 11.3 Å². The Morgan fingerprint density at radius 2 is 1.93 bits per heavy atom. The van der Waals surface area contributed by atoms with Crippen LogP contribution in [-0.2, 0) is 6.42 Å². The Bertz CT molecular complexity index is 1090. The first-order valence-electron chi connectivity index (χ1n) is 10.3. The van der Waals surface area contributed by atoms with Crippen molar-refractivity contribution in [2.24, 2.45) is 0 Å². The fourth-order valence-electron chi connectivity index (χ4n) is 2.99. The van der Waals surface area contributed by atoms with Gasteiger partial charge in [0.2, 0.25) is 0 Å². The van der Waals surface area contributed by atoms with Gasteiger partial charge in [-0.25, -0.2) is 9.97 Å². The SMILES string of the molecule is CCC.CCCCc1ncccc1-c1nc2c(C(=O)Nc3nccs3)cccc2[nH]1. The number of anilines is 1. The largest absolute Gasteiger partial charge is 0.338 e. The average molecular weight is 422 g/mol. The van der Waals surface area contributed by atoms with Crippen LogP contribution in [0.5, 0.6) is 0 Å². The molecule has 7 heteroatoms. The predicted octanol–water partition coefficient (Wildman–Crippen LogP) is 6.09. The van der Waals surface area contributed by atoms with Crippen LogP contribution < -0.4 is 5.32 Å². The monoisotopic (exact) mass is 421 g/mol. The molecule has 0 aliphatic rings. The average Bonchev–Trinajstić information content (AvgIpc) is 3.42. The van der Waals surface area contributed by atoms with Crippen LogP contribution in [0.15, 0.2) is 48.1 Å². The minimum Gasteiger partial charge on any atom is -0.338 e. The van der Waals surface area contributed by atoms with E-state index in [2.05, 4.69) is 41.0 Å². The lowest BCUT2D eigenvalue weighted by Crippen LogP contribution is -2.12. The minimum atomic E-state index is -0.217. The summed E-state index contributed by atoms with van der Waals surface area (Å²) in [4.78, 5) is 29.4. The molecule has 0 atom stereocenters. The van der Waals surface area contributed by atoms with Gasteiger partial charge in [-0.05, 0) is 37.1 Å². The minimum absolute atomic E-state index is 0.217. The Hall–Kier alpha value is -3.06. The van der Waals surface area contributed by atoms with Crippen molar-refractivity contribution in [1.82, 2.24) is 19.9 Å². The van der Waals surface area contributed by atoms with Crippen LogP contribution >= 0.6 is 11.3 Å². The predicted molar refractivity (Wildman–Crippen MR) is 124 cm³/mol. The van der Waals surface area contributed by atoms with Crippen molar-refractivity contribution in [3.8, 4) is 11.4 Å². The molecule has 0 spiro atoms. The number of para-hydroxylation sites is 1. The number of nitrogens with zero attached hydrogens (tertiary/aromatic N) is 3. The van der Waals surface area contributed by atoms with Crippen LogP contribution in [0.1, 0.15) is 56.1 Å². The van der Waals surface area contributed by atoms with Crippen molar-refractivity contribution < 1.29 is 4.79 Å². The van der Waals surface area contributed by atoms with E-state index >= 15 is 0 Å². The van der Waals surface area contributed by atoms with E-state index < -0.39 is 0 Å². The van der Waals surface area contributed by atoms with Crippen molar-refractivity contribution in [3.05, 3.63) is 59.4 Å². The number of fused-ring (bicyclic) bond motifs is 1. The Balaban J connectivity index is 0.000000806. The lowest BCUT2D eigenvalue weighted by Gasteiger charge is -2.05. The maximum Gasteiger partial charge on any atom is 0.259 e. The van der Waals surface area contributed by atoms with Gasteiger partial charge in [0.05, 0.1) is 16.8 Å². The molecular formula is C23H27N5OS. The van der Waals surface area contributed by atoms with Gasteiger partial charge in [0.25, 0.3) is 5.91 Å². The number of aromatic nitrogens is 4. The Labute approximate surface area is 180 Å². The van der Waals surface area contributed by atoms with E-state index in [9.17, 15) is 4.79 Å². The number of aryl methyl sites for hydroxylation is 1. The summed E-state index contributed by atoms with van der Waals surface area (Å²) in [6.45, 7) is 6.41. The van der Waals surface area contributed by atoms with E-state index in [-0.39, 0.29) is 5.91 Å². The molecule has 3 aromatic heterocycles. The van der Waals surface area contributed by atoms with Gasteiger partial charge in [-0.3, -0.25) is 15.1 Å². The number of rotatable bonds is 6. The number of hydrogen-bond acceptors (Lipinski definition) is 5. The number of thiazole rings is 1. The first-order valence-corrected chi connectivity index (χ1v) is 11.2. The molecule has 0 saturated carbocycles. The van der Waals surface area contributed by atoms with Gasteiger partial charge in [0.1, 0.15) is 11.3 Å². The molecule has 1 aromatic carbocycles. The summed E-state index contributed by atoms with van der Waals surface area (Å²) < 4.78 is 0. The van der Waals surface area contributed by atoms with Crippen LogP contribution in [0.2, 0.25) is 0 Å². The highest BCUT2D eigenvalue weighted by molar-refractivity contribution is 7.13. The van der Waals surface area contributed by atoms with E-state index in [1.54, 1.807) is 12.3 Å². The van der Waals surface area contributed by atoms with Gasteiger partial charge in [-0.1, -0.05) is 39.7 Å². The van der Waals surface area contributed by atoms with Gasteiger partial charge in [0, 0.05) is 23.3 Å². The van der Waals surface area contributed by atoms with Crippen molar-refractivity contribution in [2.75, 3.05) is 5.32 Å². The molecule has 1 amide bonds. The summed E-state index contributed by atoms with van der Waals surface area (Å²) in [6, 6.07) is 9.48. The number of carbonyl (C=O) groups is 1. The van der Waals surface area contributed by atoms with E-state index in [1.807, 2.05) is 35.8 Å². The molecule has 3 heterocycles. The number of pyridine rings is 1. The first kappa shape index (κ1) is 21.6. The van der Waals surface area contributed by atoms with Crippen LogP contribution in [0.4, 0.5) is 5.13 Å². The molecule has 0 unspecified atom stereocenters. The molecule has 2 N–H and O–H groups in total. The van der Waals surface area contributed by atoms with Gasteiger partial charge >= 0.3 is 0 Å². The molecule has 0 aliphatic heterocycles. The molecular weight excluding hydrogens is 394 g/mol. The smallest absolute Gasteiger partial charge is 0.259 e. The standard InChI is InChI=1S/C20H19N5OS.C3H8/c1-2-3-8-15-13(7-5-10-21-15)18-23-16-9-4-6-14(17(16)24-18)19(26)25-20-22-11-12-27-20;1-3-2/h4-7,9-12H,2-3,8H2,1H3,(H,23,24)(H,22,25,26);3H2,1-2H3. The zero-order valence-electron chi connectivity index (χ0n) is 17.6. The summed E-state index contributed by atoms with van der Waals surface area (Å²) in [7, 11) is 0. The van der Waals surface area contributed by atoms with Crippen LogP contribution in [-0.4, -0.2) is 25.8 Å². The van der Waals surface area contributed by atoms with E-state index in [4.69, 9.17) is 4.98 Å². The number of benzene rings is 1. The quantitative estimate of drug-likeness (QED) is 0.394. The highest BCUT2D eigenvalue weighted by Gasteiger charge is 2.16. The van der Waals surface area contributed by atoms with Gasteiger partial charge in [0.15, 0.2) is 5.13 Å². The fourth-order valence-corrected chi connectivity index (χ4v) is 3.51. The fraction of sp³-hybridized carbons (Fsp3) is 0.304. The van der Waals surface area contributed by atoms with E-state index in [1.165, 1.54) is 17.8 Å². The number of imidazole rings is 1. The third-order valence-electron chi connectivity index (χ3n) is 4.32. The molecule has 0 radical (unpaired) electrons. The van der Waals surface area contributed by atoms with Crippen LogP contribution in [0.3, 0.4) is 0 Å². The maximum absolute atomic E-state index is 12.7. The van der Waals surface area contributed by atoms with Gasteiger partial charge in [-0.2, -0.15) is 0 Å². The number of H-pyrrole nitrogens is 1. The second-order valence-corrected chi connectivity index (χ2v) is 7.78. The zero-order chi connectivity index (χ0) is 21.3. The van der Waals surface area contributed by atoms with Gasteiger partial charge < -0.3 is 4.98 Å². The summed E-state index contributed by atoms with van der Waals surface area (Å²) in [5.41, 5.74) is 3.98. The topological polar surface area (TPSA) is 83.6 Å². The van der Waals surface area contributed by atoms with Crippen molar-refractivity contribution in [3.63, 3.8) is 0 Å². The highest BCUT2D eigenvalue weighted by atomic mass is 32.1. The van der Waals surface area contributed by atoms with Crippen molar-refractivity contribution in [2.45, 2.75) is 46.5 Å². The number of unbranched alkanes of at least 4 members (excludes halogenated alkanes) is 1. The molecule has 0 bridgehead atoms.